The average Bonchev–Trinajstić information content (AvgIpc) is 1.90. The molecule has 0 atom stereocenters. The molecule has 1 saturated heterocycles. The Kier molecular flexibility index (Phi) is 2.49. The van der Waals surface area contributed by atoms with Crippen molar-refractivity contribution in [3.8, 4) is 0 Å². The molecule has 0 amide bonds. The van der Waals surface area contributed by atoms with E-state index >= 15 is 0 Å². The first-order chi connectivity index (χ1) is 4.33. The van der Waals surface area contributed by atoms with Gasteiger partial charge < -0.3 is 4.84 Å². The Bertz CT molecular complexity index is 77.0. The predicted octanol–water partition coefficient (Wildman–Crippen LogP) is 1.09. The molecule has 1 rings (SSSR count). The van der Waals surface area contributed by atoms with Crippen molar-refractivity contribution in [3.05, 3.63) is 6.92 Å². The molecule has 1 aliphatic rings. The summed E-state index contributed by atoms with van der Waals surface area (Å²) in [6.07, 6.45) is 2.35. The number of hydrogen-bond acceptors (Lipinski definition) is 2. The van der Waals surface area contributed by atoms with Crippen LogP contribution in [0.5, 0.6) is 0 Å². The topological polar surface area (TPSA) is 12.5 Å². The van der Waals surface area contributed by atoms with Crippen molar-refractivity contribution in [3.63, 3.8) is 0 Å². The molecular weight excluding hydrogens is 114 g/mol. The summed E-state index contributed by atoms with van der Waals surface area (Å²) in [6.45, 7) is 6.08. The lowest BCUT2D eigenvalue weighted by Gasteiger charge is -2.27. The van der Waals surface area contributed by atoms with Gasteiger partial charge in [-0.05, 0) is 18.8 Å². The normalized spacial score (nSPS) is 24.7. The Labute approximate surface area is 56.8 Å². The zero-order valence-corrected chi connectivity index (χ0v) is 5.97. The molecule has 0 aromatic heterocycles. The van der Waals surface area contributed by atoms with Crippen LogP contribution in [-0.4, -0.2) is 25.3 Å². The van der Waals surface area contributed by atoms with E-state index in [1.54, 1.807) is 7.11 Å². The van der Waals surface area contributed by atoms with E-state index in [1.807, 2.05) is 5.06 Å². The molecule has 0 N–H and O–H groups in total. The summed E-state index contributed by atoms with van der Waals surface area (Å²) in [5.74, 6) is 0.649. The van der Waals surface area contributed by atoms with E-state index < -0.39 is 0 Å². The third-order valence-corrected chi connectivity index (χ3v) is 1.83. The lowest BCUT2D eigenvalue weighted by Crippen LogP contribution is -2.31. The van der Waals surface area contributed by atoms with Gasteiger partial charge in [0.15, 0.2) is 0 Å². The number of nitrogens with zero attached hydrogens (tertiary/aromatic N) is 1. The Balaban J connectivity index is 2.18. The second kappa shape index (κ2) is 3.18. The molecule has 0 saturated carbocycles. The fourth-order valence-corrected chi connectivity index (χ4v) is 1.09. The molecule has 0 aromatic carbocycles. The fourth-order valence-electron chi connectivity index (χ4n) is 1.09. The van der Waals surface area contributed by atoms with Crippen LogP contribution in [0.25, 0.3) is 0 Å². The molecule has 0 bridgehead atoms. The summed E-state index contributed by atoms with van der Waals surface area (Å²) in [6, 6.07) is 0. The van der Waals surface area contributed by atoms with Gasteiger partial charge in [0, 0.05) is 13.1 Å². The van der Waals surface area contributed by atoms with Crippen molar-refractivity contribution < 1.29 is 4.84 Å². The lowest BCUT2D eigenvalue weighted by molar-refractivity contribution is -0.145. The Morgan fingerprint density at radius 1 is 1.44 bits per heavy atom. The van der Waals surface area contributed by atoms with Gasteiger partial charge in [-0.2, -0.15) is 5.06 Å². The second-order valence-corrected chi connectivity index (χ2v) is 2.55. The van der Waals surface area contributed by atoms with Crippen LogP contribution >= 0.6 is 0 Å². The van der Waals surface area contributed by atoms with Crippen LogP contribution in [0, 0.1) is 12.8 Å². The van der Waals surface area contributed by atoms with E-state index in [4.69, 9.17) is 4.84 Å². The van der Waals surface area contributed by atoms with Crippen LogP contribution in [0.1, 0.15) is 12.8 Å². The van der Waals surface area contributed by atoms with Gasteiger partial charge in [0.05, 0.1) is 7.11 Å². The summed E-state index contributed by atoms with van der Waals surface area (Å²) >= 11 is 0. The molecule has 0 aromatic rings. The standard InChI is InChI=1S/C7H14NO/c1-7-3-5-8(9-2)6-4-7/h7H,1,3-6H2,2H3. The molecule has 0 unspecified atom stereocenters. The highest BCUT2D eigenvalue weighted by atomic mass is 16.7. The second-order valence-electron chi connectivity index (χ2n) is 2.55. The molecule has 0 spiro atoms. The van der Waals surface area contributed by atoms with Crippen LogP contribution in [0.15, 0.2) is 0 Å². The maximum Gasteiger partial charge on any atom is 0.0575 e. The van der Waals surface area contributed by atoms with Crippen molar-refractivity contribution in [2.75, 3.05) is 20.2 Å². The molecule has 9 heavy (non-hydrogen) atoms. The average molecular weight is 128 g/mol. The van der Waals surface area contributed by atoms with E-state index in [0.29, 0.717) is 5.92 Å². The smallest absolute Gasteiger partial charge is 0.0575 e. The Morgan fingerprint density at radius 2 is 2.00 bits per heavy atom. The minimum absolute atomic E-state index is 0.649. The Hall–Kier alpha value is -0.0800. The molecule has 1 radical (unpaired) electrons. The van der Waals surface area contributed by atoms with Crippen molar-refractivity contribution in [2.45, 2.75) is 12.8 Å². The van der Waals surface area contributed by atoms with Crippen molar-refractivity contribution in [1.82, 2.24) is 5.06 Å². The zero-order chi connectivity index (χ0) is 6.69. The van der Waals surface area contributed by atoms with Gasteiger partial charge >= 0.3 is 0 Å². The maximum absolute atomic E-state index is 5.04. The van der Waals surface area contributed by atoms with Gasteiger partial charge in [-0.1, -0.05) is 6.92 Å². The molecule has 1 fully saturated rings. The first-order valence-corrected chi connectivity index (χ1v) is 3.45. The molecule has 53 valence electrons. The SMILES string of the molecule is [CH2]C1CCN(OC)CC1. The van der Waals surface area contributed by atoms with Crippen LogP contribution in [0.3, 0.4) is 0 Å². The third kappa shape index (κ3) is 1.95. The van der Waals surface area contributed by atoms with Gasteiger partial charge in [0.25, 0.3) is 0 Å². The number of piperidine rings is 1. The summed E-state index contributed by atoms with van der Waals surface area (Å²) in [4.78, 5) is 5.04. The minimum atomic E-state index is 0.649. The van der Waals surface area contributed by atoms with Gasteiger partial charge in [0.1, 0.15) is 0 Å². The van der Waals surface area contributed by atoms with Gasteiger partial charge in [-0.3, -0.25) is 0 Å². The van der Waals surface area contributed by atoms with Crippen LogP contribution in [-0.2, 0) is 4.84 Å². The highest BCUT2D eigenvalue weighted by Gasteiger charge is 2.14. The molecular formula is C7H14NO. The zero-order valence-electron chi connectivity index (χ0n) is 5.97. The number of hydroxylamine groups is 2. The summed E-state index contributed by atoms with van der Waals surface area (Å²) < 4.78 is 0. The lowest BCUT2D eigenvalue weighted by atomic mass is 10.0. The van der Waals surface area contributed by atoms with E-state index in [1.165, 1.54) is 12.8 Å². The van der Waals surface area contributed by atoms with Crippen LogP contribution in [0.2, 0.25) is 0 Å². The third-order valence-electron chi connectivity index (χ3n) is 1.83. The highest BCUT2D eigenvalue weighted by molar-refractivity contribution is 4.68. The molecule has 1 heterocycles. The highest BCUT2D eigenvalue weighted by Crippen LogP contribution is 2.14. The number of rotatable bonds is 1. The quantitative estimate of drug-likeness (QED) is 0.524. The molecule has 0 aliphatic carbocycles. The molecule has 2 heteroatoms. The van der Waals surface area contributed by atoms with Crippen LogP contribution < -0.4 is 0 Å². The van der Waals surface area contributed by atoms with Crippen molar-refractivity contribution in [2.24, 2.45) is 5.92 Å². The van der Waals surface area contributed by atoms with Gasteiger partial charge in [0.2, 0.25) is 0 Å². The monoisotopic (exact) mass is 128 g/mol. The van der Waals surface area contributed by atoms with E-state index in [0.717, 1.165) is 13.1 Å². The van der Waals surface area contributed by atoms with E-state index in [2.05, 4.69) is 6.92 Å². The van der Waals surface area contributed by atoms with Gasteiger partial charge in [-0.15, -0.1) is 0 Å². The van der Waals surface area contributed by atoms with E-state index in [-0.39, 0.29) is 0 Å². The van der Waals surface area contributed by atoms with Crippen LogP contribution in [0.4, 0.5) is 0 Å². The maximum atomic E-state index is 5.04. The molecule has 2 nitrogen and oxygen atoms in total. The van der Waals surface area contributed by atoms with Crippen molar-refractivity contribution in [1.29, 1.82) is 0 Å². The Morgan fingerprint density at radius 3 is 2.44 bits per heavy atom. The minimum Gasteiger partial charge on any atom is -0.302 e. The fraction of sp³-hybridized carbons (Fsp3) is 0.857. The van der Waals surface area contributed by atoms with E-state index in [9.17, 15) is 0 Å². The predicted molar refractivity (Wildman–Crippen MR) is 36.7 cm³/mol. The summed E-state index contributed by atoms with van der Waals surface area (Å²) in [5.41, 5.74) is 0. The van der Waals surface area contributed by atoms with Crippen molar-refractivity contribution >= 4 is 0 Å². The number of hydrogen-bond donors (Lipinski definition) is 0. The summed E-state index contributed by atoms with van der Waals surface area (Å²) in [5, 5.41) is 1.99. The molecule has 1 aliphatic heterocycles. The largest absolute Gasteiger partial charge is 0.302 e. The first kappa shape index (κ1) is 7.03. The summed E-state index contributed by atoms with van der Waals surface area (Å²) in [7, 11) is 1.73. The van der Waals surface area contributed by atoms with Gasteiger partial charge in [-0.25, -0.2) is 0 Å². The first-order valence-electron chi connectivity index (χ1n) is 3.45.